The molecule has 9 heteroatoms. The third-order valence-electron chi connectivity index (χ3n) is 7.51. The van der Waals surface area contributed by atoms with Gasteiger partial charge in [0.25, 0.3) is 5.69 Å². The number of nitrogens with zero attached hydrogens (tertiary/aromatic N) is 1. The van der Waals surface area contributed by atoms with Gasteiger partial charge in [0.1, 0.15) is 18.1 Å². The number of benzene rings is 4. The third kappa shape index (κ3) is 6.08. The number of hydrogen-bond acceptors (Lipinski definition) is 8. The van der Waals surface area contributed by atoms with E-state index in [1.807, 2.05) is 44.2 Å². The Bertz CT molecular complexity index is 1790. The second-order valence-corrected chi connectivity index (χ2v) is 11.1. The molecular weight excluding hydrogens is 560 g/mol. The SMILES string of the molecule is COc1ccc([N+](=O)[O-])cc1OCc1c(-c2ccc(OC(=O)c3ccccc3C)cc2OC)ccc2c1C(C)=CC(C)(C)N2. The van der Waals surface area contributed by atoms with Crippen LogP contribution in [0.4, 0.5) is 11.4 Å². The molecule has 0 aromatic heterocycles. The summed E-state index contributed by atoms with van der Waals surface area (Å²) >= 11 is 0. The summed E-state index contributed by atoms with van der Waals surface area (Å²) in [6.45, 7) is 8.18. The Morgan fingerprint density at radius 1 is 0.886 bits per heavy atom. The maximum atomic E-state index is 12.9. The van der Waals surface area contributed by atoms with E-state index in [1.165, 1.54) is 25.3 Å². The average molecular weight is 595 g/mol. The van der Waals surface area contributed by atoms with Crippen molar-refractivity contribution in [3.05, 3.63) is 111 Å². The van der Waals surface area contributed by atoms with Crippen molar-refractivity contribution in [2.45, 2.75) is 39.8 Å². The molecule has 0 amide bonds. The summed E-state index contributed by atoms with van der Waals surface area (Å²) in [6, 6.07) is 20.8. The monoisotopic (exact) mass is 594 g/mol. The van der Waals surface area contributed by atoms with E-state index in [0.717, 1.165) is 39.1 Å². The van der Waals surface area contributed by atoms with Crippen molar-refractivity contribution >= 4 is 22.9 Å². The number of nitro groups is 1. The molecule has 0 bridgehead atoms. The molecule has 0 radical (unpaired) electrons. The lowest BCUT2D eigenvalue weighted by molar-refractivity contribution is -0.385. The van der Waals surface area contributed by atoms with E-state index in [9.17, 15) is 14.9 Å². The molecule has 0 saturated heterocycles. The summed E-state index contributed by atoms with van der Waals surface area (Å²) in [6.07, 6.45) is 2.15. The Hall–Kier alpha value is -5.31. The van der Waals surface area contributed by atoms with Gasteiger partial charge in [0.2, 0.25) is 0 Å². The number of methoxy groups -OCH3 is 2. The number of ether oxygens (including phenoxy) is 4. The lowest BCUT2D eigenvalue weighted by Gasteiger charge is -2.33. The van der Waals surface area contributed by atoms with E-state index < -0.39 is 10.9 Å². The van der Waals surface area contributed by atoms with Crippen LogP contribution in [0.2, 0.25) is 0 Å². The fourth-order valence-electron chi connectivity index (χ4n) is 5.56. The first-order valence-corrected chi connectivity index (χ1v) is 14.1. The molecule has 5 rings (SSSR count). The highest BCUT2D eigenvalue weighted by atomic mass is 16.6. The van der Waals surface area contributed by atoms with Crippen LogP contribution in [0.15, 0.2) is 78.9 Å². The van der Waals surface area contributed by atoms with Crippen LogP contribution in [0, 0.1) is 17.0 Å². The molecule has 4 aromatic rings. The van der Waals surface area contributed by atoms with Crippen LogP contribution in [0.1, 0.15) is 47.8 Å². The highest BCUT2D eigenvalue weighted by Gasteiger charge is 2.27. The van der Waals surface area contributed by atoms with Crippen LogP contribution >= 0.6 is 0 Å². The zero-order valence-corrected chi connectivity index (χ0v) is 25.5. The van der Waals surface area contributed by atoms with E-state index >= 15 is 0 Å². The number of carbonyl (C=O) groups is 1. The fraction of sp³-hybridized carbons (Fsp3) is 0.229. The Morgan fingerprint density at radius 2 is 1.61 bits per heavy atom. The number of anilines is 1. The van der Waals surface area contributed by atoms with Crippen molar-refractivity contribution < 1.29 is 28.7 Å². The molecule has 0 spiro atoms. The second-order valence-electron chi connectivity index (χ2n) is 11.1. The van der Waals surface area contributed by atoms with E-state index in [0.29, 0.717) is 22.8 Å². The van der Waals surface area contributed by atoms with Crippen molar-refractivity contribution in [3.8, 4) is 34.1 Å². The molecule has 0 unspecified atom stereocenters. The van der Waals surface area contributed by atoms with Gasteiger partial charge in [0.05, 0.1) is 36.3 Å². The number of fused-ring (bicyclic) bond motifs is 1. The topological polar surface area (TPSA) is 109 Å². The average Bonchev–Trinajstić information content (AvgIpc) is 2.99. The summed E-state index contributed by atoms with van der Waals surface area (Å²) < 4.78 is 23.2. The molecule has 4 aromatic carbocycles. The summed E-state index contributed by atoms with van der Waals surface area (Å²) in [5, 5.41) is 15.0. The lowest BCUT2D eigenvalue weighted by atomic mass is 9.85. The Balaban J connectivity index is 1.57. The van der Waals surface area contributed by atoms with Gasteiger partial charge in [0, 0.05) is 34.5 Å². The van der Waals surface area contributed by atoms with E-state index in [1.54, 1.807) is 31.4 Å². The van der Waals surface area contributed by atoms with Gasteiger partial charge in [-0.2, -0.15) is 0 Å². The van der Waals surface area contributed by atoms with Crippen molar-refractivity contribution in [2.75, 3.05) is 19.5 Å². The second kappa shape index (κ2) is 12.1. The van der Waals surface area contributed by atoms with Gasteiger partial charge in [-0.05, 0) is 74.7 Å². The number of nitro benzene ring substituents is 1. The van der Waals surface area contributed by atoms with Crippen molar-refractivity contribution in [2.24, 2.45) is 0 Å². The molecule has 44 heavy (non-hydrogen) atoms. The Kier molecular flexibility index (Phi) is 8.31. The number of allylic oxidation sites excluding steroid dienone is 1. The first-order valence-electron chi connectivity index (χ1n) is 14.1. The van der Waals surface area contributed by atoms with Gasteiger partial charge < -0.3 is 24.3 Å². The van der Waals surface area contributed by atoms with Crippen LogP contribution < -0.4 is 24.3 Å². The van der Waals surface area contributed by atoms with Crippen LogP contribution in [-0.2, 0) is 6.61 Å². The summed E-state index contributed by atoms with van der Waals surface area (Å²) in [5.74, 6) is 1.02. The van der Waals surface area contributed by atoms with Gasteiger partial charge in [0.15, 0.2) is 11.5 Å². The van der Waals surface area contributed by atoms with Gasteiger partial charge in [-0.3, -0.25) is 10.1 Å². The van der Waals surface area contributed by atoms with Crippen LogP contribution in [0.25, 0.3) is 16.7 Å². The van der Waals surface area contributed by atoms with Crippen LogP contribution in [0.5, 0.6) is 23.0 Å². The van der Waals surface area contributed by atoms with Gasteiger partial charge in [-0.25, -0.2) is 4.79 Å². The first-order chi connectivity index (χ1) is 21.0. The molecule has 1 heterocycles. The predicted molar refractivity (Wildman–Crippen MR) is 170 cm³/mol. The molecule has 0 atom stereocenters. The van der Waals surface area contributed by atoms with Crippen molar-refractivity contribution in [1.29, 1.82) is 0 Å². The fourth-order valence-corrected chi connectivity index (χ4v) is 5.56. The number of esters is 1. The molecule has 1 N–H and O–H groups in total. The lowest BCUT2D eigenvalue weighted by Crippen LogP contribution is -2.32. The standard InChI is InChI=1S/C35H34N2O7/c1-21-9-7-8-10-25(21)34(38)44-24-12-13-27(31(18-24)42-6)26-14-15-29-33(22(2)19-35(3,4)36-29)28(26)20-43-32-17-23(37(39)40)11-16-30(32)41-5/h7-19,36H,20H2,1-6H3. The minimum Gasteiger partial charge on any atom is -0.496 e. The summed E-state index contributed by atoms with van der Waals surface area (Å²) in [4.78, 5) is 23.9. The highest BCUT2D eigenvalue weighted by molar-refractivity contribution is 5.93. The van der Waals surface area contributed by atoms with Crippen molar-refractivity contribution in [3.63, 3.8) is 0 Å². The molecule has 226 valence electrons. The first kappa shape index (κ1) is 30.2. The van der Waals surface area contributed by atoms with Crippen LogP contribution in [0.3, 0.4) is 0 Å². The van der Waals surface area contributed by atoms with Crippen molar-refractivity contribution in [1.82, 2.24) is 0 Å². The highest BCUT2D eigenvalue weighted by Crippen LogP contribution is 2.44. The maximum Gasteiger partial charge on any atom is 0.343 e. The third-order valence-corrected chi connectivity index (χ3v) is 7.51. The smallest absolute Gasteiger partial charge is 0.343 e. The minimum atomic E-state index is -0.473. The normalized spacial score (nSPS) is 13.2. The summed E-state index contributed by atoms with van der Waals surface area (Å²) in [7, 11) is 3.05. The maximum absolute atomic E-state index is 12.9. The quantitative estimate of drug-likeness (QED) is 0.0899. The number of aryl methyl sites for hydroxylation is 1. The van der Waals surface area contributed by atoms with Gasteiger partial charge in [-0.1, -0.05) is 30.3 Å². The zero-order chi connectivity index (χ0) is 31.6. The molecule has 0 fully saturated rings. The summed E-state index contributed by atoms with van der Waals surface area (Å²) in [5.41, 5.74) is 6.32. The Labute approximate surface area is 256 Å². The number of rotatable bonds is 9. The molecule has 1 aliphatic rings. The van der Waals surface area contributed by atoms with Gasteiger partial charge >= 0.3 is 5.97 Å². The molecule has 0 saturated carbocycles. The van der Waals surface area contributed by atoms with Crippen LogP contribution in [-0.4, -0.2) is 30.7 Å². The number of nitrogens with one attached hydrogen (secondary N) is 1. The predicted octanol–water partition coefficient (Wildman–Crippen LogP) is 7.99. The van der Waals surface area contributed by atoms with E-state index in [2.05, 4.69) is 25.2 Å². The molecule has 9 nitrogen and oxygen atoms in total. The number of carbonyl (C=O) groups excluding carboxylic acids is 1. The zero-order valence-electron chi connectivity index (χ0n) is 25.5. The Morgan fingerprint density at radius 3 is 2.32 bits per heavy atom. The van der Waals surface area contributed by atoms with Gasteiger partial charge in [-0.15, -0.1) is 0 Å². The van der Waals surface area contributed by atoms with E-state index in [-0.39, 0.29) is 23.6 Å². The largest absolute Gasteiger partial charge is 0.496 e. The minimum absolute atomic E-state index is 0.0799. The number of hydrogen-bond donors (Lipinski definition) is 1. The number of non-ortho nitro benzene ring substituents is 1. The van der Waals surface area contributed by atoms with E-state index in [4.69, 9.17) is 18.9 Å². The molecule has 0 aliphatic carbocycles. The molecular formula is C35H34N2O7. The molecule has 1 aliphatic heterocycles.